The van der Waals surface area contributed by atoms with Crippen LogP contribution in [0.4, 0.5) is 0 Å². The number of amides is 1. The minimum Gasteiger partial charge on any atom is -0.493 e. The Kier molecular flexibility index (Phi) is 6.26. The van der Waals surface area contributed by atoms with Gasteiger partial charge < -0.3 is 19.9 Å². The van der Waals surface area contributed by atoms with Gasteiger partial charge in [0.1, 0.15) is 19.0 Å². The number of aryl methyl sites for hydroxylation is 2. The highest BCUT2D eigenvalue weighted by Gasteiger charge is 2.19. The fourth-order valence-electron chi connectivity index (χ4n) is 2.58. The third-order valence-electron chi connectivity index (χ3n) is 4.21. The molecule has 0 aromatic heterocycles. The molecule has 0 spiro atoms. The molecule has 1 heterocycles. The Morgan fingerprint density at radius 1 is 1.04 bits per heavy atom. The average molecular weight is 398 g/mol. The average Bonchev–Trinajstić information content (AvgIpc) is 2.99. The number of carbonyl (C=O) groups excluding carboxylic acids is 1. The lowest BCUT2D eigenvalue weighted by atomic mass is 10.1. The molecule has 0 atom stereocenters. The number of thioether (sulfide) groups is 1. The number of amidine groups is 1. The molecule has 0 saturated carbocycles. The van der Waals surface area contributed by atoms with Gasteiger partial charge in [0.05, 0.1) is 12.0 Å². The summed E-state index contributed by atoms with van der Waals surface area (Å²) in [7, 11) is 1.57. The van der Waals surface area contributed by atoms with E-state index in [9.17, 15) is 4.79 Å². The Morgan fingerprint density at radius 3 is 2.50 bits per heavy atom. The molecular formula is C21H22N2O4S. The lowest BCUT2D eigenvalue weighted by Crippen LogP contribution is -2.09. The van der Waals surface area contributed by atoms with Crippen molar-refractivity contribution >= 4 is 28.9 Å². The third-order valence-corrected chi connectivity index (χ3v) is 5.02. The molecule has 3 rings (SSSR count). The van der Waals surface area contributed by atoms with Gasteiger partial charge in [-0.15, -0.1) is 0 Å². The van der Waals surface area contributed by atoms with Gasteiger partial charge in [0.15, 0.2) is 16.7 Å². The molecule has 2 N–H and O–H groups in total. The molecule has 1 aliphatic rings. The molecule has 0 unspecified atom stereocenters. The minimum atomic E-state index is -0.328. The van der Waals surface area contributed by atoms with Gasteiger partial charge >= 0.3 is 0 Å². The largest absolute Gasteiger partial charge is 0.493 e. The fraction of sp³-hybridized carbons (Fsp3) is 0.238. The first kappa shape index (κ1) is 19.8. The predicted octanol–water partition coefficient (Wildman–Crippen LogP) is 3.70. The molecule has 0 fully saturated rings. The van der Waals surface area contributed by atoms with Crippen molar-refractivity contribution in [1.82, 2.24) is 0 Å². The smallest absolute Gasteiger partial charge is 0.286 e. The molecule has 0 radical (unpaired) electrons. The first-order valence-electron chi connectivity index (χ1n) is 8.75. The number of hydrogen-bond acceptors (Lipinski definition) is 6. The first-order valence-corrected chi connectivity index (χ1v) is 9.57. The van der Waals surface area contributed by atoms with Crippen molar-refractivity contribution in [3.8, 4) is 17.2 Å². The molecule has 0 saturated heterocycles. The van der Waals surface area contributed by atoms with E-state index in [2.05, 4.69) is 18.8 Å². The summed E-state index contributed by atoms with van der Waals surface area (Å²) in [5.41, 5.74) is 8.79. The molecule has 2 aromatic rings. The highest BCUT2D eigenvalue weighted by atomic mass is 32.2. The summed E-state index contributed by atoms with van der Waals surface area (Å²) in [5.74, 6) is 1.67. The lowest BCUT2D eigenvalue weighted by Gasteiger charge is -2.12. The summed E-state index contributed by atoms with van der Waals surface area (Å²) >= 11 is 1.15. The summed E-state index contributed by atoms with van der Waals surface area (Å²) < 4.78 is 16.9. The number of nitrogens with two attached hydrogens (primary N) is 1. The second kappa shape index (κ2) is 8.84. The standard InChI is InChI=1S/C21H22N2O4S/c1-13-4-6-16(10-14(13)2)26-8-9-27-17-7-5-15(11-18(17)25-3)12-19-20(24)23-21(22)28-19/h4-7,10-12H,8-9H2,1-3H3,(H2,22,23,24). The third kappa shape index (κ3) is 4.86. The Balaban J connectivity index is 1.59. The highest BCUT2D eigenvalue weighted by molar-refractivity contribution is 8.18. The van der Waals surface area contributed by atoms with Crippen molar-refractivity contribution in [3.63, 3.8) is 0 Å². The number of carbonyl (C=O) groups is 1. The van der Waals surface area contributed by atoms with Crippen molar-refractivity contribution in [2.45, 2.75) is 13.8 Å². The van der Waals surface area contributed by atoms with Gasteiger partial charge in [-0.25, -0.2) is 0 Å². The number of methoxy groups -OCH3 is 1. The van der Waals surface area contributed by atoms with Crippen molar-refractivity contribution < 1.29 is 19.0 Å². The predicted molar refractivity (Wildman–Crippen MR) is 112 cm³/mol. The first-order chi connectivity index (χ1) is 13.5. The van der Waals surface area contributed by atoms with Gasteiger partial charge in [0, 0.05) is 0 Å². The van der Waals surface area contributed by atoms with E-state index in [1.165, 1.54) is 11.1 Å². The number of benzene rings is 2. The summed E-state index contributed by atoms with van der Waals surface area (Å²) in [6, 6.07) is 11.4. The number of rotatable bonds is 7. The van der Waals surface area contributed by atoms with Gasteiger partial charge in [-0.1, -0.05) is 12.1 Å². The maximum absolute atomic E-state index is 11.7. The second-order valence-electron chi connectivity index (χ2n) is 6.22. The Bertz CT molecular complexity index is 953. The van der Waals surface area contributed by atoms with Crippen molar-refractivity contribution in [1.29, 1.82) is 0 Å². The molecule has 1 aliphatic heterocycles. The zero-order chi connectivity index (χ0) is 20.1. The van der Waals surface area contributed by atoms with Crippen molar-refractivity contribution in [3.05, 3.63) is 58.0 Å². The van der Waals surface area contributed by atoms with E-state index in [1.54, 1.807) is 25.3 Å². The molecule has 6 nitrogen and oxygen atoms in total. The van der Waals surface area contributed by atoms with Crippen LogP contribution in [0.3, 0.4) is 0 Å². The molecule has 0 aliphatic carbocycles. The van der Waals surface area contributed by atoms with Gasteiger partial charge in [-0.2, -0.15) is 4.99 Å². The summed E-state index contributed by atoms with van der Waals surface area (Å²) in [5, 5.41) is 0.256. The molecular weight excluding hydrogens is 376 g/mol. The second-order valence-corrected chi connectivity index (χ2v) is 7.28. The fourth-order valence-corrected chi connectivity index (χ4v) is 3.27. The van der Waals surface area contributed by atoms with Crippen molar-refractivity contribution in [2.24, 2.45) is 10.7 Å². The van der Waals surface area contributed by atoms with Crippen LogP contribution in [-0.4, -0.2) is 31.4 Å². The van der Waals surface area contributed by atoms with E-state index in [-0.39, 0.29) is 11.1 Å². The van der Waals surface area contributed by atoms with Crippen molar-refractivity contribution in [2.75, 3.05) is 20.3 Å². The lowest BCUT2D eigenvalue weighted by molar-refractivity contribution is -0.113. The summed E-state index contributed by atoms with van der Waals surface area (Å²) in [6.45, 7) is 4.91. The number of aliphatic imine (C=N–C) groups is 1. The molecule has 2 aromatic carbocycles. The molecule has 7 heteroatoms. The van der Waals surface area contributed by atoms with Crippen LogP contribution in [0.5, 0.6) is 17.2 Å². The van der Waals surface area contributed by atoms with Crippen LogP contribution < -0.4 is 19.9 Å². The van der Waals surface area contributed by atoms with Gasteiger partial charge in [-0.3, -0.25) is 4.79 Å². The van der Waals surface area contributed by atoms with E-state index in [0.29, 0.717) is 29.6 Å². The Morgan fingerprint density at radius 2 is 1.82 bits per heavy atom. The molecule has 1 amide bonds. The van der Waals surface area contributed by atoms with Crippen LogP contribution in [0.15, 0.2) is 46.3 Å². The van der Waals surface area contributed by atoms with Gasteiger partial charge in [0.25, 0.3) is 5.91 Å². The van der Waals surface area contributed by atoms with Gasteiger partial charge in [-0.05, 0) is 72.6 Å². The molecule has 146 valence electrons. The zero-order valence-corrected chi connectivity index (χ0v) is 16.8. The topological polar surface area (TPSA) is 83.1 Å². The Labute approximate surface area is 168 Å². The molecule has 28 heavy (non-hydrogen) atoms. The number of ether oxygens (including phenoxy) is 3. The minimum absolute atomic E-state index is 0.256. The summed E-state index contributed by atoms with van der Waals surface area (Å²) in [4.78, 5) is 15.9. The van der Waals surface area contributed by atoms with Crippen LogP contribution in [0, 0.1) is 13.8 Å². The van der Waals surface area contributed by atoms with Crippen LogP contribution in [0.1, 0.15) is 16.7 Å². The Hall–Kier alpha value is -2.93. The van der Waals surface area contributed by atoms with E-state index in [4.69, 9.17) is 19.9 Å². The van der Waals surface area contributed by atoms with E-state index in [0.717, 1.165) is 23.1 Å². The van der Waals surface area contributed by atoms with Gasteiger partial charge in [0.2, 0.25) is 0 Å². The van der Waals surface area contributed by atoms with Crippen LogP contribution >= 0.6 is 11.8 Å². The van der Waals surface area contributed by atoms with Crippen LogP contribution in [0.25, 0.3) is 6.08 Å². The SMILES string of the molecule is COc1cc(C=C2SC(N)=NC2=O)ccc1OCCOc1ccc(C)c(C)c1. The van der Waals surface area contributed by atoms with E-state index in [1.807, 2.05) is 24.3 Å². The monoisotopic (exact) mass is 398 g/mol. The van der Waals surface area contributed by atoms with E-state index < -0.39 is 0 Å². The molecule has 0 bridgehead atoms. The van der Waals surface area contributed by atoms with E-state index >= 15 is 0 Å². The number of nitrogens with zero attached hydrogens (tertiary/aromatic N) is 1. The van der Waals surface area contributed by atoms with Crippen LogP contribution in [0.2, 0.25) is 0 Å². The quantitative estimate of drug-likeness (QED) is 0.566. The highest BCUT2D eigenvalue weighted by Crippen LogP contribution is 2.31. The maximum atomic E-state index is 11.7. The normalized spacial score (nSPS) is 14.9. The van der Waals surface area contributed by atoms with Crippen LogP contribution in [-0.2, 0) is 4.79 Å². The maximum Gasteiger partial charge on any atom is 0.286 e. The zero-order valence-electron chi connectivity index (χ0n) is 16.0. The summed E-state index contributed by atoms with van der Waals surface area (Å²) in [6.07, 6.45) is 1.73. The number of hydrogen-bond donors (Lipinski definition) is 1.